The van der Waals surface area contributed by atoms with Crippen LogP contribution in [0.25, 0.3) is 0 Å². The maximum Gasteiger partial charge on any atom is 0.0416 e. The van der Waals surface area contributed by atoms with E-state index in [0.717, 1.165) is 0 Å². The van der Waals surface area contributed by atoms with Crippen molar-refractivity contribution in [3.63, 3.8) is 0 Å². The molecule has 1 atom stereocenters. The van der Waals surface area contributed by atoms with Gasteiger partial charge in [0, 0.05) is 4.87 Å². The quantitative estimate of drug-likeness (QED) is 0.319. The van der Waals surface area contributed by atoms with E-state index < -0.39 is 0 Å². The molecule has 0 aliphatic carbocycles. The fourth-order valence-corrected chi connectivity index (χ4v) is 2.04. The Morgan fingerprint density at radius 1 is 0.875 bits per heavy atom. The van der Waals surface area contributed by atoms with Gasteiger partial charge in [0.1, 0.15) is 0 Å². The number of hydrogen-bond donors (Lipinski definition) is 0. The number of alkyl halides is 1. The van der Waals surface area contributed by atoms with Gasteiger partial charge in [0.25, 0.3) is 0 Å². The van der Waals surface area contributed by atoms with Crippen molar-refractivity contribution in [1.29, 1.82) is 0 Å². The van der Waals surface area contributed by atoms with Crippen molar-refractivity contribution in [2.45, 2.75) is 90.4 Å². The minimum atomic E-state index is -0.0267. The zero-order valence-corrected chi connectivity index (χ0v) is 12.6. The van der Waals surface area contributed by atoms with Gasteiger partial charge in [0.05, 0.1) is 0 Å². The van der Waals surface area contributed by atoms with Gasteiger partial charge in [-0.2, -0.15) is 0 Å². The van der Waals surface area contributed by atoms with Gasteiger partial charge in [0.2, 0.25) is 0 Å². The molecule has 0 saturated heterocycles. The fourth-order valence-electron chi connectivity index (χ4n) is 1.93. The lowest BCUT2D eigenvalue weighted by atomic mass is 9.91. The summed E-state index contributed by atoms with van der Waals surface area (Å²) in [5.41, 5.74) is 0. The molecule has 16 heavy (non-hydrogen) atoms. The molecule has 0 radical (unpaired) electrons. The lowest BCUT2D eigenvalue weighted by Gasteiger charge is -2.24. The van der Waals surface area contributed by atoms with E-state index >= 15 is 0 Å². The van der Waals surface area contributed by atoms with Crippen LogP contribution in [0, 0.1) is 5.92 Å². The number of halogens is 1. The standard InChI is InChI=1S/C15H31Cl/c1-5-6-7-8-9-10-11-12-13-14(2)15(3,4)16/h14H,5-13H2,1-4H3. The Labute approximate surface area is 108 Å². The summed E-state index contributed by atoms with van der Waals surface area (Å²) in [6, 6.07) is 0. The van der Waals surface area contributed by atoms with Gasteiger partial charge in [0.15, 0.2) is 0 Å². The molecule has 0 bridgehead atoms. The van der Waals surface area contributed by atoms with Crippen LogP contribution in [0.1, 0.15) is 85.5 Å². The van der Waals surface area contributed by atoms with Crippen molar-refractivity contribution in [2.24, 2.45) is 5.92 Å². The third kappa shape index (κ3) is 9.51. The first-order valence-corrected chi connectivity index (χ1v) is 7.55. The average molecular weight is 247 g/mol. The minimum absolute atomic E-state index is 0.0267. The van der Waals surface area contributed by atoms with E-state index in [1.807, 2.05) is 0 Å². The largest absolute Gasteiger partial charge is 0.120 e. The van der Waals surface area contributed by atoms with Crippen LogP contribution in [0.4, 0.5) is 0 Å². The molecular weight excluding hydrogens is 216 g/mol. The van der Waals surface area contributed by atoms with Crippen molar-refractivity contribution >= 4 is 11.6 Å². The highest BCUT2D eigenvalue weighted by molar-refractivity contribution is 6.23. The SMILES string of the molecule is CCCCCCCCCCC(C)C(C)(C)Cl. The molecule has 98 valence electrons. The Hall–Kier alpha value is 0.290. The van der Waals surface area contributed by atoms with Crippen molar-refractivity contribution in [1.82, 2.24) is 0 Å². The number of unbranched alkanes of at least 4 members (excludes halogenated alkanes) is 7. The van der Waals surface area contributed by atoms with E-state index in [-0.39, 0.29) is 4.87 Å². The van der Waals surface area contributed by atoms with E-state index in [0.29, 0.717) is 5.92 Å². The van der Waals surface area contributed by atoms with Gasteiger partial charge in [-0.1, -0.05) is 65.2 Å². The molecule has 0 amide bonds. The van der Waals surface area contributed by atoms with Gasteiger partial charge >= 0.3 is 0 Å². The van der Waals surface area contributed by atoms with Crippen LogP contribution in [-0.4, -0.2) is 4.87 Å². The zero-order chi connectivity index (χ0) is 12.4. The molecule has 0 aliphatic rings. The average Bonchev–Trinajstić information content (AvgIpc) is 2.20. The second-order valence-electron chi connectivity index (χ2n) is 5.73. The summed E-state index contributed by atoms with van der Waals surface area (Å²) in [6.07, 6.45) is 12.5. The molecule has 1 unspecified atom stereocenters. The third-order valence-corrected chi connectivity index (χ3v) is 4.04. The molecule has 0 nitrogen and oxygen atoms in total. The second-order valence-corrected chi connectivity index (χ2v) is 6.70. The lowest BCUT2D eigenvalue weighted by molar-refractivity contribution is 0.400. The van der Waals surface area contributed by atoms with Gasteiger partial charge in [-0.25, -0.2) is 0 Å². The molecule has 0 heterocycles. The lowest BCUT2D eigenvalue weighted by Crippen LogP contribution is -2.21. The second kappa shape index (κ2) is 9.33. The first-order valence-electron chi connectivity index (χ1n) is 7.17. The molecular formula is C15H31Cl. The molecule has 0 aliphatic heterocycles. The number of rotatable bonds is 10. The van der Waals surface area contributed by atoms with Gasteiger partial charge in [-0.3, -0.25) is 0 Å². The van der Waals surface area contributed by atoms with E-state index in [2.05, 4.69) is 27.7 Å². The third-order valence-electron chi connectivity index (χ3n) is 3.66. The first kappa shape index (κ1) is 16.3. The molecule has 0 fully saturated rings. The summed E-state index contributed by atoms with van der Waals surface area (Å²) in [7, 11) is 0. The Morgan fingerprint density at radius 2 is 1.31 bits per heavy atom. The molecule has 0 aromatic carbocycles. The highest BCUT2D eigenvalue weighted by Crippen LogP contribution is 2.28. The monoisotopic (exact) mass is 246 g/mol. The molecule has 1 heteroatoms. The summed E-state index contributed by atoms with van der Waals surface area (Å²) in [6.45, 7) is 8.80. The Bertz CT molecular complexity index is 146. The topological polar surface area (TPSA) is 0 Å². The van der Waals surface area contributed by atoms with Gasteiger partial charge in [-0.05, 0) is 26.2 Å². The molecule has 0 N–H and O–H groups in total. The van der Waals surface area contributed by atoms with Crippen molar-refractivity contribution in [3.05, 3.63) is 0 Å². The predicted molar refractivity (Wildman–Crippen MR) is 76.3 cm³/mol. The Balaban J connectivity index is 3.21. The minimum Gasteiger partial charge on any atom is -0.120 e. The normalized spacial score (nSPS) is 14.1. The van der Waals surface area contributed by atoms with Crippen molar-refractivity contribution < 1.29 is 0 Å². The highest BCUT2D eigenvalue weighted by atomic mass is 35.5. The van der Waals surface area contributed by atoms with Crippen molar-refractivity contribution in [3.8, 4) is 0 Å². The summed E-state index contributed by atoms with van der Waals surface area (Å²) in [4.78, 5) is -0.0267. The van der Waals surface area contributed by atoms with E-state index in [4.69, 9.17) is 11.6 Å². The van der Waals surface area contributed by atoms with E-state index in [1.54, 1.807) is 0 Å². The van der Waals surface area contributed by atoms with Crippen molar-refractivity contribution in [2.75, 3.05) is 0 Å². The van der Waals surface area contributed by atoms with Crippen LogP contribution in [0.15, 0.2) is 0 Å². The number of hydrogen-bond acceptors (Lipinski definition) is 0. The summed E-state index contributed by atoms with van der Waals surface area (Å²) >= 11 is 6.28. The van der Waals surface area contributed by atoms with Gasteiger partial charge in [-0.15, -0.1) is 11.6 Å². The smallest absolute Gasteiger partial charge is 0.0416 e. The van der Waals surface area contributed by atoms with E-state index in [1.165, 1.54) is 57.8 Å². The Kier molecular flexibility index (Phi) is 9.50. The highest BCUT2D eigenvalue weighted by Gasteiger charge is 2.21. The molecule has 0 aromatic heterocycles. The van der Waals surface area contributed by atoms with Crippen LogP contribution >= 0.6 is 11.6 Å². The van der Waals surface area contributed by atoms with Crippen LogP contribution < -0.4 is 0 Å². The Morgan fingerprint density at radius 3 is 1.75 bits per heavy atom. The fraction of sp³-hybridized carbons (Fsp3) is 1.00. The van der Waals surface area contributed by atoms with Crippen LogP contribution in [0.3, 0.4) is 0 Å². The van der Waals surface area contributed by atoms with Crippen LogP contribution in [0.2, 0.25) is 0 Å². The zero-order valence-electron chi connectivity index (χ0n) is 11.8. The molecule has 0 spiro atoms. The van der Waals surface area contributed by atoms with E-state index in [9.17, 15) is 0 Å². The maximum atomic E-state index is 6.28. The maximum absolute atomic E-state index is 6.28. The van der Waals surface area contributed by atoms with Crippen LogP contribution in [0.5, 0.6) is 0 Å². The van der Waals surface area contributed by atoms with Crippen LogP contribution in [-0.2, 0) is 0 Å². The first-order chi connectivity index (χ1) is 7.48. The summed E-state index contributed by atoms with van der Waals surface area (Å²) < 4.78 is 0. The van der Waals surface area contributed by atoms with Gasteiger partial charge < -0.3 is 0 Å². The predicted octanol–water partition coefficient (Wildman–Crippen LogP) is 6.17. The summed E-state index contributed by atoms with van der Waals surface area (Å²) in [5, 5.41) is 0. The molecule has 0 aromatic rings. The molecule has 0 saturated carbocycles. The molecule has 0 rings (SSSR count). The summed E-state index contributed by atoms with van der Waals surface area (Å²) in [5.74, 6) is 0.634.